The minimum Gasteiger partial charge on any atom is -0.481 e. The quantitative estimate of drug-likeness (QED) is 0.703. The largest absolute Gasteiger partial charge is 0.481 e. The summed E-state index contributed by atoms with van der Waals surface area (Å²) in [5.41, 5.74) is 2.35. The summed E-state index contributed by atoms with van der Waals surface area (Å²) >= 11 is 0. The van der Waals surface area contributed by atoms with Gasteiger partial charge in [-0.05, 0) is 31.0 Å². The topological polar surface area (TPSA) is 82.2 Å². The molecule has 0 aliphatic rings. The Morgan fingerprint density at radius 3 is 3.04 bits per heavy atom. The highest BCUT2D eigenvalue weighted by Crippen LogP contribution is 2.25. The van der Waals surface area contributed by atoms with Gasteiger partial charge in [-0.2, -0.15) is 5.10 Å². The summed E-state index contributed by atoms with van der Waals surface area (Å²) in [5, 5.41) is 11.8. The Morgan fingerprint density at radius 2 is 2.30 bits per heavy atom. The molecule has 120 valence electrons. The van der Waals surface area contributed by atoms with Crippen LogP contribution in [0.5, 0.6) is 5.88 Å². The lowest BCUT2D eigenvalue weighted by Gasteiger charge is -2.04. The Labute approximate surface area is 133 Å². The minimum atomic E-state index is -0.109. The van der Waals surface area contributed by atoms with E-state index in [2.05, 4.69) is 15.6 Å². The van der Waals surface area contributed by atoms with Crippen LogP contribution in [0, 0.1) is 0 Å². The first kappa shape index (κ1) is 15.1. The lowest BCUT2D eigenvalue weighted by molar-refractivity contribution is 0.0953. The average Bonchev–Trinajstić information content (AvgIpc) is 3.16. The van der Waals surface area contributed by atoms with Gasteiger partial charge in [-0.15, -0.1) is 0 Å². The number of carbonyl (C=O) groups is 1. The Hall–Kier alpha value is -2.83. The zero-order chi connectivity index (χ0) is 16.2. The van der Waals surface area contributed by atoms with Crippen LogP contribution in [0.25, 0.3) is 10.9 Å². The number of hydrogen-bond acceptors (Lipinski definition) is 5. The molecule has 3 rings (SSSR count). The maximum atomic E-state index is 12.2. The second kappa shape index (κ2) is 6.51. The second-order valence-corrected chi connectivity index (χ2v) is 5.26. The van der Waals surface area contributed by atoms with Crippen LogP contribution < -0.4 is 10.1 Å². The number of ether oxygens (including phenoxy) is 1. The van der Waals surface area contributed by atoms with Gasteiger partial charge in [0, 0.05) is 24.7 Å². The van der Waals surface area contributed by atoms with Crippen LogP contribution in [0.15, 0.2) is 35.2 Å². The van der Waals surface area contributed by atoms with E-state index in [1.807, 2.05) is 13.1 Å². The molecule has 0 atom stereocenters. The van der Waals surface area contributed by atoms with E-state index in [4.69, 9.17) is 9.26 Å². The molecule has 0 unspecified atom stereocenters. The van der Waals surface area contributed by atoms with Crippen LogP contribution in [-0.4, -0.2) is 34.5 Å². The van der Waals surface area contributed by atoms with E-state index >= 15 is 0 Å². The van der Waals surface area contributed by atoms with Crippen LogP contribution in [0.2, 0.25) is 0 Å². The first-order valence-corrected chi connectivity index (χ1v) is 7.36. The van der Waals surface area contributed by atoms with Gasteiger partial charge in [-0.25, -0.2) is 4.68 Å². The molecule has 0 spiro atoms. The Morgan fingerprint density at radius 1 is 1.43 bits per heavy atom. The first-order valence-electron chi connectivity index (χ1n) is 7.36. The number of fused-ring (bicyclic) bond motifs is 1. The predicted octanol–water partition coefficient (Wildman–Crippen LogP) is 1.93. The van der Waals surface area contributed by atoms with E-state index < -0.39 is 0 Å². The highest BCUT2D eigenvalue weighted by molar-refractivity contribution is 5.98. The normalized spacial score (nSPS) is 10.9. The van der Waals surface area contributed by atoms with Gasteiger partial charge in [-0.3, -0.25) is 4.79 Å². The predicted molar refractivity (Wildman–Crippen MR) is 84.4 cm³/mol. The molecule has 2 heterocycles. The minimum absolute atomic E-state index is 0.109. The average molecular weight is 314 g/mol. The molecule has 1 amide bonds. The van der Waals surface area contributed by atoms with Crippen molar-refractivity contribution in [3.63, 3.8) is 0 Å². The smallest absolute Gasteiger partial charge is 0.251 e. The number of nitrogens with one attached hydrogen (secondary N) is 1. The van der Waals surface area contributed by atoms with Gasteiger partial charge in [0.05, 0.1) is 24.2 Å². The van der Waals surface area contributed by atoms with E-state index in [0.717, 1.165) is 29.3 Å². The van der Waals surface area contributed by atoms with Crippen molar-refractivity contribution in [3.05, 3.63) is 41.8 Å². The lowest BCUT2D eigenvalue weighted by atomic mass is 10.1. The van der Waals surface area contributed by atoms with Crippen LogP contribution in [0.3, 0.4) is 0 Å². The first-order chi connectivity index (χ1) is 11.2. The fraction of sp³-hybridized carbons (Fsp3) is 0.312. The van der Waals surface area contributed by atoms with Crippen molar-refractivity contribution in [3.8, 4) is 5.88 Å². The number of hydrogen-bond donors (Lipinski definition) is 1. The second-order valence-electron chi connectivity index (χ2n) is 5.26. The zero-order valence-electron chi connectivity index (χ0n) is 13.1. The molecule has 2 aromatic heterocycles. The molecule has 23 heavy (non-hydrogen) atoms. The van der Waals surface area contributed by atoms with Crippen molar-refractivity contribution in [2.45, 2.75) is 12.8 Å². The Bertz CT molecular complexity index is 808. The zero-order valence-corrected chi connectivity index (χ0v) is 13.1. The summed E-state index contributed by atoms with van der Waals surface area (Å²) < 4.78 is 11.7. The number of aromatic nitrogens is 3. The molecule has 0 saturated carbocycles. The van der Waals surface area contributed by atoms with E-state index in [0.29, 0.717) is 18.0 Å². The summed E-state index contributed by atoms with van der Waals surface area (Å²) in [4.78, 5) is 12.2. The SMILES string of the molecule is COc1c2ccc(C(=O)NCCCc3cnoc3)cc2nn1C. The van der Waals surface area contributed by atoms with E-state index in [9.17, 15) is 4.79 Å². The molecular weight excluding hydrogens is 296 g/mol. The molecule has 0 aliphatic heterocycles. The summed E-state index contributed by atoms with van der Waals surface area (Å²) in [6.07, 6.45) is 4.95. The number of benzene rings is 1. The number of carbonyl (C=O) groups excluding carboxylic acids is 1. The van der Waals surface area contributed by atoms with Gasteiger partial charge in [0.2, 0.25) is 5.88 Å². The fourth-order valence-electron chi connectivity index (χ4n) is 2.51. The van der Waals surface area contributed by atoms with Gasteiger partial charge < -0.3 is 14.6 Å². The number of amides is 1. The third-order valence-electron chi connectivity index (χ3n) is 3.65. The van der Waals surface area contributed by atoms with Crippen molar-refractivity contribution in [2.24, 2.45) is 7.05 Å². The molecule has 0 bridgehead atoms. The molecule has 1 aromatic carbocycles. The summed E-state index contributed by atoms with van der Waals surface area (Å²) in [6.45, 7) is 0.591. The number of methoxy groups -OCH3 is 1. The maximum absolute atomic E-state index is 12.2. The van der Waals surface area contributed by atoms with Gasteiger partial charge in [-0.1, -0.05) is 5.16 Å². The number of nitrogens with zero attached hydrogens (tertiary/aromatic N) is 3. The van der Waals surface area contributed by atoms with Crippen molar-refractivity contribution < 1.29 is 14.1 Å². The van der Waals surface area contributed by atoms with E-state index in [1.165, 1.54) is 0 Å². The van der Waals surface area contributed by atoms with Crippen LogP contribution >= 0.6 is 0 Å². The van der Waals surface area contributed by atoms with Gasteiger partial charge >= 0.3 is 0 Å². The molecule has 1 N–H and O–H groups in total. The Kier molecular flexibility index (Phi) is 4.27. The summed E-state index contributed by atoms with van der Waals surface area (Å²) in [7, 11) is 3.41. The highest BCUT2D eigenvalue weighted by Gasteiger charge is 2.12. The molecule has 7 nitrogen and oxygen atoms in total. The molecule has 7 heteroatoms. The van der Waals surface area contributed by atoms with Gasteiger partial charge in [0.25, 0.3) is 5.91 Å². The monoisotopic (exact) mass is 314 g/mol. The van der Waals surface area contributed by atoms with Crippen molar-refractivity contribution in [1.29, 1.82) is 0 Å². The number of aryl methyl sites for hydroxylation is 2. The summed E-state index contributed by atoms with van der Waals surface area (Å²) in [6, 6.07) is 5.41. The van der Waals surface area contributed by atoms with Gasteiger partial charge in [0.15, 0.2) is 0 Å². The van der Waals surface area contributed by atoms with E-state index in [1.54, 1.807) is 36.4 Å². The van der Waals surface area contributed by atoms with Crippen molar-refractivity contribution in [2.75, 3.05) is 13.7 Å². The van der Waals surface area contributed by atoms with Gasteiger partial charge in [0.1, 0.15) is 6.26 Å². The molecule has 0 radical (unpaired) electrons. The van der Waals surface area contributed by atoms with Crippen molar-refractivity contribution in [1.82, 2.24) is 20.3 Å². The molecular formula is C16H18N4O3. The fourth-order valence-corrected chi connectivity index (χ4v) is 2.51. The number of rotatable bonds is 6. The lowest BCUT2D eigenvalue weighted by Crippen LogP contribution is -2.24. The summed E-state index contributed by atoms with van der Waals surface area (Å²) in [5.74, 6) is 0.572. The molecule has 3 aromatic rings. The Balaban J connectivity index is 1.62. The highest BCUT2D eigenvalue weighted by atomic mass is 16.5. The van der Waals surface area contributed by atoms with Crippen LogP contribution in [0.4, 0.5) is 0 Å². The van der Waals surface area contributed by atoms with E-state index in [-0.39, 0.29) is 5.91 Å². The van der Waals surface area contributed by atoms with Crippen LogP contribution in [-0.2, 0) is 13.5 Å². The molecule has 0 saturated heterocycles. The standard InChI is InChI=1S/C16H18N4O3/c1-20-16(22-2)13-6-5-12(8-14(13)19-20)15(21)17-7-3-4-11-9-18-23-10-11/h5-6,8-10H,3-4,7H2,1-2H3,(H,17,21). The van der Waals surface area contributed by atoms with Crippen LogP contribution in [0.1, 0.15) is 22.3 Å². The third kappa shape index (κ3) is 3.18. The van der Waals surface area contributed by atoms with Crippen molar-refractivity contribution >= 4 is 16.8 Å². The molecule has 0 fully saturated rings. The molecule has 0 aliphatic carbocycles. The maximum Gasteiger partial charge on any atom is 0.251 e. The third-order valence-corrected chi connectivity index (χ3v) is 3.65.